The molecule has 1 aromatic carbocycles. The van der Waals surface area contributed by atoms with Crippen LogP contribution in [0, 0.1) is 0 Å². The highest BCUT2D eigenvalue weighted by molar-refractivity contribution is 7.10. The second-order valence-electron chi connectivity index (χ2n) is 5.44. The first-order valence-electron chi connectivity index (χ1n) is 7.38. The number of benzene rings is 1. The molecule has 1 aliphatic rings. The predicted octanol–water partition coefficient (Wildman–Crippen LogP) is 2.80. The van der Waals surface area contributed by atoms with Gasteiger partial charge in [0.25, 0.3) is 0 Å². The summed E-state index contributed by atoms with van der Waals surface area (Å²) in [6, 6.07) is 7.97. The van der Waals surface area contributed by atoms with E-state index < -0.39 is 5.97 Å². The lowest BCUT2D eigenvalue weighted by Gasteiger charge is -2.36. The molecule has 5 nitrogen and oxygen atoms in total. The van der Waals surface area contributed by atoms with E-state index in [0.29, 0.717) is 18.0 Å². The quantitative estimate of drug-likeness (QED) is 0.912. The molecule has 0 amide bonds. The number of rotatable bonds is 5. The van der Waals surface area contributed by atoms with Crippen molar-refractivity contribution in [3.63, 3.8) is 0 Å². The van der Waals surface area contributed by atoms with Gasteiger partial charge >= 0.3 is 5.97 Å². The fraction of sp³-hybridized carbons (Fsp3) is 0.353. The van der Waals surface area contributed by atoms with Crippen LogP contribution >= 0.6 is 11.3 Å². The number of nitrogens with zero attached hydrogens (tertiary/aromatic N) is 1. The maximum Gasteiger partial charge on any atom is 0.317 e. The Morgan fingerprint density at radius 2 is 2.09 bits per heavy atom. The highest BCUT2D eigenvalue weighted by atomic mass is 32.1. The molecule has 1 aromatic heterocycles. The number of ether oxygens (including phenoxy) is 2. The summed E-state index contributed by atoms with van der Waals surface area (Å²) in [5.41, 5.74) is 2.28. The van der Waals surface area contributed by atoms with Crippen LogP contribution in [0.4, 0.5) is 0 Å². The first kappa shape index (κ1) is 15.8. The number of aliphatic carboxylic acids is 1. The number of hydrogen-bond donors (Lipinski definition) is 1. The fourth-order valence-corrected chi connectivity index (χ4v) is 4.00. The lowest BCUT2D eigenvalue weighted by Crippen LogP contribution is -2.39. The molecule has 0 unspecified atom stereocenters. The maximum absolute atomic E-state index is 11.2. The van der Waals surface area contributed by atoms with Crippen molar-refractivity contribution in [1.29, 1.82) is 0 Å². The molecule has 1 N–H and O–H groups in total. The van der Waals surface area contributed by atoms with Gasteiger partial charge in [0.15, 0.2) is 11.5 Å². The maximum atomic E-state index is 11.2. The van der Waals surface area contributed by atoms with E-state index in [1.807, 2.05) is 28.5 Å². The average Bonchev–Trinajstić information content (AvgIpc) is 3.06. The van der Waals surface area contributed by atoms with Crippen LogP contribution in [0.25, 0.3) is 0 Å². The van der Waals surface area contributed by atoms with E-state index in [4.69, 9.17) is 9.47 Å². The molecule has 0 bridgehead atoms. The number of fused-ring (bicyclic) bond motifs is 1. The van der Waals surface area contributed by atoms with Crippen LogP contribution in [0.15, 0.2) is 29.6 Å². The third-order valence-electron chi connectivity index (χ3n) is 4.12. The zero-order chi connectivity index (χ0) is 16.4. The van der Waals surface area contributed by atoms with Crippen LogP contribution < -0.4 is 9.47 Å². The van der Waals surface area contributed by atoms with E-state index in [1.165, 1.54) is 5.56 Å². The SMILES string of the molecule is COc1cc2c(cc1OC)[C@@H](c1cccs1)N(CC(=O)O)CC2. The van der Waals surface area contributed by atoms with E-state index in [-0.39, 0.29) is 12.6 Å². The molecule has 3 rings (SSSR count). The zero-order valence-electron chi connectivity index (χ0n) is 13.1. The summed E-state index contributed by atoms with van der Waals surface area (Å²) in [4.78, 5) is 14.4. The summed E-state index contributed by atoms with van der Waals surface area (Å²) in [6.45, 7) is 0.730. The lowest BCUT2D eigenvalue weighted by atomic mass is 9.91. The minimum atomic E-state index is -0.810. The zero-order valence-corrected chi connectivity index (χ0v) is 13.9. The normalized spacial score (nSPS) is 17.6. The largest absolute Gasteiger partial charge is 0.493 e. The van der Waals surface area contributed by atoms with Crippen LogP contribution in [-0.4, -0.2) is 43.3 Å². The van der Waals surface area contributed by atoms with E-state index in [2.05, 4.69) is 6.07 Å². The van der Waals surface area contributed by atoms with Crippen LogP contribution in [-0.2, 0) is 11.2 Å². The number of methoxy groups -OCH3 is 2. The fourth-order valence-electron chi connectivity index (χ4n) is 3.12. The smallest absolute Gasteiger partial charge is 0.317 e. The molecule has 1 atom stereocenters. The van der Waals surface area contributed by atoms with Gasteiger partial charge in [-0.3, -0.25) is 9.69 Å². The molecule has 0 aliphatic carbocycles. The van der Waals surface area contributed by atoms with E-state index in [1.54, 1.807) is 25.6 Å². The first-order valence-corrected chi connectivity index (χ1v) is 8.26. The van der Waals surface area contributed by atoms with Crippen molar-refractivity contribution in [2.45, 2.75) is 12.5 Å². The Morgan fingerprint density at radius 3 is 2.70 bits per heavy atom. The molecule has 0 spiro atoms. The van der Waals surface area contributed by atoms with E-state index in [0.717, 1.165) is 16.9 Å². The van der Waals surface area contributed by atoms with Crippen LogP contribution in [0.5, 0.6) is 11.5 Å². The average molecular weight is 333 g/mol. The minimum absolute atomic E-state index is 0.0242. The standard InChI is InChI=1S/C17H19NO4S/c1-21-13-8-11-5-6-18(10-16(19)20)17(15-4-3-7-23-15)12(11)9-14(13)22-2/h3-4,7-9,17H,5-6,10H2,1-2H3,(H,19,20)/t17-/m0/s1. The van der Waals surface area contributed by atoms with Crippen molar-refractivity contribution >= 4 is 17.3 Å². The summed E-state index contributed by atoms with van der Waals surface area (Å²) in [5, 5.41) is 11.2. The van der Waals surface area contributed by atoms with Gasteiger partial charge in [-0.25, -0.2) is 0 Å². The van der Waals surface area contributed by atoms with Gasteiger partial charge in [-0.05, 0) is 41.1 Å². The van der Waals surface area contributed by atoms with Crippen LogP contribution in [0.1, 0.15) is 22.0 Å². The molecular formula is C17H19NO4S. The Kier molecular flexibility index (Phi) is 4.54. The van der Waals surface area contributed by atoms with Gasteiger partial charge in [0, 0.05) is 11.4 Å². The van der Waals surface area contributed by atoms with Crippen LogP contribution in [0.3, 0.4) is 0 Å². The number of carboxylic acids is 1. The van der Waals surface area contributed by atoms with Gasteiger partial charge < -0.3 is 14.6 Å². The summed E-state index contributed by atoms with van der Waals surface area (Å²) in [6.07, 6.45) is 0.796. The molecule has 0 saturated heterocycles. The topological polar surface area (TPSA) is 59.0 Å². The molecule has 0 fully saturated rings. The van der Waals surface area contributed by atoms with E-state index in [9.17, 15) is 9.90 Å². The molecule has 1 aliphatic heterocycles. The summed E-state index contributed by atoms with van der Waals surface area (Å²) < 4.78 is 10.8. The Morgan fingerprint density at radius 1 is 1.35 bits per heavy atom. The molecule has 23 heavy (non-hydrogen) atoms. The third-order valence-corrected chi connectivity index (χ3v) is 5.05. The van der Waals surface area contributed by atoms with Gasteiger partial charge in [-0.15, -0.1) is 11.3 Å². The first-order chi connectivity index (χ1) is 11.1. The molecule has 2 heterocycles. The highest BCUT2D eigenvalue weighted by Crippen LogP contribution is 2.41. The second kappa shape index (κ2) is 6.60. The Balaban J connectivity index is 2.10. The Labute approximate surface area is 139 Å². The van der Waals surface area contributed by atoms with Crippen molar-refractivity contribution in [1.82, 2.24) is 4.90 Å². The minimum Gasteiger partial charge on any atom is -0.493 e. The van der Waals surface area contributed by atoms with Crippen molar-refractivity contribution in [2.24, 2.45) is 0 Å². The predicted molar refractivity (Wildman–Crippen MR) is 88.6 cm³/mol. The Bertz CT molecular complexity index is 699. The van der Waals surface area contributed by atoms with Crippen molar-refractivity contribution < 1.29 is 19.4 Å². The number of carbonyl (C=O) groups is 1. The Hall–Kier alpha value is -2.05. The molecule has 0 saturated carbocycles. The van der Waals surface area contributed by atoms with Gasteiger partial charge in [0.2, 0.25) is 0 Å². The van der Waals surface area contributed by atoms with Crippen molar-refractivity contribution in [3.05, 3.63) is 45.6 Å². The van der Waals surface area contributed by atoms with Gasteiger partial charge in [0.05, 0.1) is 26.8 Å². The van der Waals surface area contributed by atoms with Crippen molar-refractivity contribution in [2.75, 3.05) is 27.3 Å². The van der Waals surface area contributed by atoms with Crippen molar-refractivity contribution in [3.8, 4) is 11.5 Å². The monoisotopic (exact) mass is 333 g/mol. The molecular weight excluding hydrogens is 314 g/mol. The molecule has 122 valence electrons. The molecule has 6 heteroatoms. The second-order valence-corrected chi connectivity index (χ2v) is 6.42. The summed E-state index contributed by atoms with van der Waals surface area (Å²) >= 11 is 1.64. The number of carboxylic acid groups (broad SMARTS) is 1. The summed E-state index contributed by atoms with van der Waals surface area (Å²) in [7, 11) is 3.24. The molecule has 0 radical (unpaired) electrons. The van der Waals surface area contributed by atoms with Gasteiger partial charge in [0.1, 0.15) is 0 Å². The number of thiophene rings is 1. The van der Waals surface area contributed by atoms with Crippen LogP contribution in [0.2, 0.25) is 0 Å². The number of hydrogen-bond acceptors (Lipinski definition) is 5. The molecule has 2 aromatic rings. The summed E-state index contributed by atoms with van der Waals surface area (Å²) in [5.74, 6) is 0.573. The van der Waals surface area contributed by atoms with Gasteiger partial charge in [-0.1, -0.05) is 6.07 Å². The van der Waals surface area contributed by atoms with E-state index >= 15 is 0 Å². The van der Waals surface area contributed by atoms with Gasteiger partial charge in [-0.2, -0.15) is 0 Å². The lowest BCUT2D eigenvalue weighted by molar-refractivity contribution is -0.138. The highest BCUT2D eigenvalue weighted by Gasteiger charge is 2.32. The third kappa shape index (κ3) is 3.04.